The van der Waals surface area contributed by atoms with Gasteiger partial charge in [-0.15, -0.1) is 0 Å². The van der Waals surface area contributed by atoms with Gasteiger partial charge < -0.3 is 15.3 Å². The van der Waals surface area contributed by atoms with Crippen molar-refractivity contribution in [1.82, 2.24) is 0 Å². The van der Waals surface area contributed by atoms with Crippen molar-refractivity contribution in [2.24, 2.45) is 0 Å². The van der Waals surface area contributed by atoms with Gasteiger partial charge in [0.05, 0.1) is 0 Å². The summed E-state index contributed by atoms with van der Waals surface area (Å²) in [4.78, 5) is 0. The average Bonchev–Trinajstić information content (AvgIpc) is 0.918. The molecule has 0 aromatic rings. The van der Waals surface area contributed by atoms with Crippen molar-refractivity contribution in [3.8, 4) is 0 Å². The second kappa shape index (κ2) is 8.82. The molecule has 0 N–H and O–H groups in total. The SMILES string of the molecule is [B][CH-]P.[Y]. The minimum atomic E-state index is 0. The zero-order valence-corrected chi connectivity index (χ0v) is 6.30. The fourth-order valence-corrected chi connectivity index (χ4v) is 0. The fourth-order valence-electron chi connectivity index (χ4n) is 0. The van der Waals surface area contributed by atoms with E-state index >= 15 is 0 Å². The maximum atomic E-state index is 4.69. The predicted molar refractivity (Wildman–Crippen MR) is 19.8 cm³/mol. The minimum absolute atomic E-state index is 0. The minimum Gasteiger partial charge on any atom is -0.347 e. The number of rotatable bonds is 0. The molecule has 1 unspecified atom stereocenters. The summed E-state index contributed by atoms with van der Waals surface area (Å²) >= 11 is 0. The monoisotopic (exact) mass is 146 g/mol. The zero-order chi connectivity index (χ0) is 2.71. The van der Waals surface area contributed by atoms with Crippen LogP contribution < -0.4 is 0 Å². The van der Waals surface area contributed by atoms with Crippen LogP contribution in [-0.2, 0) is 32.7 Å². The molecule has 0 amide bonds. The first kappa shape index (κ1) is 9.14. The molecular formula is CH3BPY-. The van der Waals surface area contributed by atoms with Crippen molar-refractivity contribution in [3.05, 3.63) is 6.06 Å². The maximum absolute atomic E-state index is 4.69. The molecule has 0 saturated carbocycles. The van der Waals surface area contributed by atoms with E-state index in [4.69, 9.17) is 0 Å². The van der Waals surface area contributed by atoms with Crippen molar-refractivity contribution < 1.29 is 32.7 Å². The molecule has 0 saturated heterocycles. The zero-order valence-electron chi connectivity index (χ0n) is 2.31. The van der Waals surface area contributed by atoms with Crippen LogP contribution in [0.15, 0.2) is 0 Å². The first-order valence-electron chi connectivity index (χ1n) is 0.667. The molecule has 0 aliphatic carbocycles. The number of hydrogen-bond acceptors (Lipinski definition) is 0. The molecule has 0 rings (SSSR count). The molecule has 4 heavy (non-hydrogen) atoms. The largest absolute Gasteiger partial charge is 0.347 e. The summed E-state index contributed by atoms with van der Waals surface area (Å²) in [6, 6.07) is 1.42. The van der Waals surface area contributed by atoms with Gasteiger partial charge in [0.15, 0.2) is 0 Å². The van der Waals surface area contributed by atoms with Gasteiger partial charge in [0.25, 0.3) is 0 Å². The quantitative estimate of drug-likeness (QED) is 0.259. The second-order valence-electron chi connectivity index (χ2n) is 0.192. The van der Waals surface area contributed by atoms with Crippen LogP contribution in [-0.4, -0.2) is 7.85 Å². The van der Waals surface area contributed by atoms with Crippen molar-refractivity contribution in [2.75, 3.05) is 0 Å². The molecule has 0 spiro atoms. The third-order valence-corrected chi connectivity index (χ3v) is 0. The van der Waals surface area contributed by atoms with Gasteiger partial charge in [-0.1, -0.05) is 0 Å². The van der Waals surface area contributed by atoms with Gasteiger partial charge in [-0.25, -0.2) is 0 Å². The van der Waals surface area contributed by atoms with Crippen molar-refractivity contribution in [3.63, 3.8) is 0 Å². The summed E-state index contributed by atoms with van der Waals surface area (Å²) in [7, 11) is 6.92. The van der Waals surface area contributed by atoms with E-state index in [-0.39, 0.29) is 32.7 Å². The van der Waals surface area contributed by atoms with Crippen molar-refractivity contribution in [1.29, 1.82) is 0 Å². The molecule has 3 heteroatoms. The van der Waals surface area contributed by atoms with E-state index in [0.29, 0.717) is 0 Å². The van der Waals surface area contributed by atoms with Crippen LogP contribution in [0.3, 0.4) is 0 Å². The molecule has 0 aliphatic rings. The van der Waals surface area contributed by atoms with Gasteiger partial charge in [-0.05, 0) is 0 Å². The van der Waals surface area contributed by atoms with E-state index in [1.807, 2.05) is 0 Å². The standard InChI is InChI=1S/CH3BP.Y/c2-1-3;/h1H,3H2;/q-1;. The van der Waals surface area contributed by atoms with E-state index in [1.165, 1.54) is 6.06 Å². The topological polar surface area (TPSA) is 0 Å². The molecule has 0 heterocycles. The predicted octanol–water partition coefficient (Wildman–Crippen LogP) is 0.147. The normalized spacial score (nSPS) is 4.25. The van der Waals surface area contributed by atoms with Gasteiger partial charge in [0, 0.05) is 32.7 Å². The van der Waals surface area contributed by atoms with E-state index in [9.17, 15) is 0 Å². The van der Waals surface area contributed by atoms with Crippen LogP contribution in [0.5, 0.6) is 0 Å². The van der Waals surface area contributed by atoms with Crippen LogP contribution in [0.2, 0.25) is 0 Å². The summed E-state index contributed by atoms with van der Waals surface area (Å²) in [6.07, 6.45) is 0. The van der Waals surface area contributed by atoms with Gasteiger partial charge in [0.2, 0.25) is 0 Å². The Hall–Kier alpha value is 1.60. The smallest absolute Gasteiger partial charge is 0 e. The summed E-state index contributed by atoms with van der Waals surface area (Å²) < 4.78 is 0. The van der Waals surface area contributed by atoms with Crippen LogP contribution in [0.1, 0.15) is 0 Å². The number of hydrogen-bond donors (Lipinski definition) is 0. The fraction of sp³-hybridized carbons (Fsp3) is 0. The molecule has 1 atom stereocenters. The third kappa shape index (κ3) is 9.51. The molecule has 0 bridgehead atoms. The Morgan fingerprint density at radius 1 is 1.75 bits per heavy atom. The molecule has 19 valence electrons. The third-order valence-electron chi connectivity index (χ3n) is 0. The second-order valence-corrected chi connectivity index (χ2v) is 0.577. The average molecular weight is 146 g/mol. The van der Waals surface area contributed by atoms with E-state index in [1.54, 1.807) is 0 Å². The van der Waals surface area contributed by atoms with E-state index in [2.05, 4.69) is 17.1 Å². The van der Waals surface area contributed by atoms with E-state index < -0.39 is 0 Å². The Morgan fingerprint density at radius 2 is 1.75 bits per heavy atom. The summed E-state index contributed by atoms with van der Waals surface area (Å²) in [5, 5.41) is 0. The molecule has 0 aromatic carbocycles. The van der Waals surface area contributed by atoms with Crippen LogP contribution in [0.4, 0.5) is 0 Å². The van der Waals surface area contributed by atoms with Gasteiger partial charge >= 0.3 is 0 Å². The Balaban J connectivity index is 0. The Bertz CT molecular complexity index is 8.00. The molecular weight excluding hydrogens is 143 g/mol. The van der Waals surface area contributed by atoms with Gasteiger partial charge in [-0.3, -0.25) is 0 Å². The molecule has 0 nitrogen and oxygen atoms in total. The van der Waals surface area contributed by atoms with Gasteiger partial charge in [0.1, 0.15) is 0 Å². The van der Waals surface area contributed by atoms with Crippen LogP contribution >= 0.6 is 9.24 Å². The maximum Gasteiger partial charge on any atom is 0 e. The Labute approximate surface area is 55.6 Å². The molecule has 3 radical (unpaired) electrons. The summed E-state index contributed by atoms with van der Waals surface area (Å²) in [5.41, 5.74) is 0. The molecule has 0 aliphatic heterocycles. The Kier molecular flexibility index (Phi) is 20.2. The first-order valence-corrected chi connectivity index (χ1v) is 1.33. The Morgan fingerprint density at radius 3 is 1.75 bits per heavy atom. The van der Waals surface area contributed by atoms with E-state index in [0.717, 1.165) is 0 Å². The summed E-state index contributed by atoms with van der Waals surface area (Å²) in [6.45, 7) is 0. The van der Waals surface area contributed by atoms with Crippen LogP contribution in [0, 0.1) is 6.06 Å². The van der Waals surface area contributed by atoms with Crippen LogP contribution in [0.25, 0.3) is 0 Å². The first-order chi connectivity index (χ1) is 1.41. The van der Waals surface area contributed by atoms with Gasteiger partial charge in [-0.2, -0.15) is 7.85 Å². The molecule has 0 aromatic heterocycles. The summed E-state index contributed by atoms with van der Waals surface area (Å²) in [5.74, 6) is 0. The molecule has 0 fully saturated rings. The van der Waals surface area contributed by atoms with Crippen molar-refractivity contribution in [2.45, 2.75) is 0 Å². The van der Waals surface area contributed by atoms with Crippen molar-refractivity contribution >= 4 is 17.1 Å².